The summed E-state index contributed by atoms with van der Waals surface area (Å²) >= 11 is 0. The monoisotopic (exact) mass is 251 g/mol. The number of nitrogens with two attached hydrogens (primary N) is 1. The molecule has 0 aliphatic heterocycles. The molecule has 0 radical (unpaired) electrons. The van der Waals surface area contributed by atoms with Crippen LogP contribution in [0, 0.1) is 13.8 Å². The second-order valence-corrected chi connectivity index (χ2v) is 4.84. The second-order valence-electron chi connectivity index (χ2n) is 4.84. The van der Waals surface area contributed by atoms with E-state index in [9.17, 15) is 0 Å². The minimum Gasteiger partial charge on any atom is -0.325 e. The summed E-state index contributed by atoms with van der Waals surface area (Å²) in [6.07, 6.45) is 2.03. The molecule has 0 saturated heterocycles. The Morgan fingerprint density at radius 1 is 1.11 bits per heavy atom. The van der Waals surface area contributed by atoms with Crippen molar-refractivity contribution in [1.29, 1.82) is 0 Å². The average Bonchev–Trinajstić information content (AvgIpc) is 2.81. The predicted octanol–water partition coefficient (Wildman–Crippen LogP) is 3.08. The number of hydrogen-bond acceptors (Lipinski definition) is 2. The Morgan fingerprint density at radius 3 is 2.68 bits per heavy atom. The fourth-order valence-electron chi connectivity index (χ4n) is 2.34. The van der Waals surface area contributed by atoms with Gasteiger partial charge in [-0.15, -0.1) is 0 Å². The number of fused-ring (bicyclic) bond motifs is 1. The molecule has 96 valence electrons. The molecule has 0 aliphatic carbocycles. The van der Waals surface area contributed by atoms with Gasteiger partial charge < -0.3 is 5.73 Å². The number of benzene rings is 1. The van der Waals surface area contributed by atoms with E-state index in [2.05, 4.69) is 47.5 Å². The van der Waals surface area contributed by atoms with Crippen LogP contribution in [0.2, 0.25) is 0 Å². The van der Waals surface area contributed by atoms with Crippen molar-refractivity contribution in [3.05, 3.63) is 59.4 Å². The maximum atomic E-state index is 5.79. The molecule has 2 N–H and O–H groups in total. The fourth-order valence-corrected chi connectivity index (χ4v) is 2.34. The van der Waals surface area contributed by atoms with Crippen molar-refractivity contribution in [3.63, 3.8) is 0 Å². The molecular weight excluding hydrogens is 234 g/mol. The Morgan fingerprint density at radius 2 is 1.95 bits per heavy atom. The van der Waals surface area contributed by atoms with Crippen molar-refractivity contribution in [3.8, 4) is 11.4 Å². The fraction of sp³-hybridized carbons (Fsp3) is 0.188. The molecule has 0 fully saturated rings. The van der Waals surface area contributed by atoms with Crippen LogP contribution in [0.3, 0.4) is 0 Å². The first-order chi connectivity index (χ1) is 9.20. The van der Waals surface area contributed by atoms with Crippen LogP contribution >= 0.6 is 0 Å². The molecule has 0 atom stereocenters. The van der Waals surface area contributed by atoms with Gasteiger partial charge >= 0.3 is 0 Å². The third-order valence-electron chi connectivity index (χ3n) is 3.58. The van der Waals surface area contributed by atoms with Gasteiger partial charge in [0.05, 0.1) is 11.2 Å². The van der Waals surface area contributed by atoms with Crippen LogP contribution in [0.25, 0.3) is 16.9 Å². The summed E-state index contributed by atoms with van der Waals surface area (Å²) in [7, 11) is 0. The summed E-state index contributed by atoms with van der Waals surface area (Å²) in [5.74, 6) is 0.958. The first-order valence-corrected chi connectivity index (χ1v) is 6.44. The Labute approximate surface area is 112 Å². The van der Waals surface area contributed by atoms with Crippen LogP contribution in [0.1, 0.15) is 16.8 Å². The molecule has 3 nitrogen and oxygen atoms in total. The third kappa shape index (κ3) is 1.92. The Kier molecular flexibility index (Phi) is 2.84. The molecule has 2 heterocycles. The number of rotatable bonds is 2. The van der Waals surface area contributed by atoms with Crippen molar-refractivity contribution in [2.75, 3.05) is 0 Å². The highest BCUT2D eigenvalue weighted by Crippen LogP contribution is 2.24. The Balaban J connectivity index is 2.27. The van der Waals surface area contributed by atoms with Gasteiger partial charge in [0.25, 0.3) is 0 Å². The van der Waals surface area contributed by atoms with Crippen molar-refractivity contribution < 1.29 is 0 Å². The van der Waals surface area contributed by atoms with Gasteiger partial charge in [-0.25, -0.2) is 4.98 Å². The minimum absolute atomic E-state index is 0.457. The molecule has 19 heavy (non-hydrogen) atoms. The van der Waals surface area contributed by atoms with E-state index in [0.29, 0.717) is 6.54 Å². The summed E-state index contributed by atoms with van der Waals surface area (Å²) in [5.41, 5.74) is 11.5. The molecule has 2 aromatic heterocycles. The van der Waals surface area contributed by atoms with Gasteiger partial charge in [-0.3, -0.25) is 4.40 Å². The van der Waals surface area contributed by atoms with E-state index in [1.165, 1.54) is 11.1 Å². The largest absolute Gasteiger partial charge is 0.325 e. The van der Waals surface area contributed by atoms with Crippen molar-refractivity contribution in [2.45, 2.75) is 20.4 Å². The van der Waals surface area contributed by atoms with E-state index < -0.39 is 0 Å². The van der Waals surface area contributed by atoms with Crippen molar-refractivity contribution >= 4 is 5.52 Å². The van der Waals surface area contributed by atoms with E-state index in [1.54, 1.807) is 0 Å². The van der Waals surface area contributed by atoms with Crippen LogP contribution in [0.4, 0.5) is 0 Å². The first-order valence-electron chi connectivity index (χ1n) is 6.44. The molecule has 0 saturated carbocycles. The highest BCUT2D eigenvalue weighted by molar-refractivity contribution is 5.66. The van der Waals surface area contributed by atoms with Gasteiger partial charge in [-0.1, -0.05) is 18.2 Å². The smallest absolute Gasteiger partial charge is 0.144 e. The minimum atomic E-state index is 0.457. The number of pyridine rings is 1. The van der Waals surface area contributed by atoms with Crippen LogP contribution in [0.15, 0.2) is 42.6 Å². The number of imidazole rings is 1. The van der Waals surface area contributed by atoms with Crippen LogP contribution in [-0.4, -0.2) is 9.38 Å². The van der Waals surface area contributed by atoms with Crippen molar-refractivity contribution in [2.24, 2.45) is 5.73 Å². The van der Waals surface area contributed by atoms with E-state index in [1.807, 2.05) is 18.3 Å². The van der Waals surface area contributed by atoms with Crippen LogP contribution < -0.4 is 5.73 Å². The third-order valence-corrected chi connectivity index (χ3v) is 3.58. The van der Waals surface area contributed by atoms with Gasteiger partial charge in [-0.2, -0.15) is 0 Å². The lowest BCUT2D eigenvalue weighted by molar-refractivity contribution is 1.02. The quantitative estimate of drug-likeness (QED) is 0.760. The lowest BCUT2D eigenvalue weighted by Gasteiger charge is -2.04. The van der Waals surface area contributed by atoms with Gasteiger partial charge in [0.2, 0.25) is 0 Å². The zero-order valence-electron chi connectivity index (χ0n) is 11.2. The molecule has 0 aliphatic rings. The topological polar surface area (TPSA) is 43.3 Å². The Bertz CT molecular complexity index is 741. The number of aryl methyl sites for hydroxylation is 2. The van der Waals surface area contributed by atoms with Gasteiger partial charge in [0.15, 0.2) is 0 Å². The summed E-state index contributed by atoms with van der Waals surface area (Å²) in [5, 5.41) is 0. The molecule has 3 aromatic rings. The molecule has 0 amide bonds. The van der Waals surface area contributed by atoms with Gasteiger partial charge in [0, 0.05) is 18.3 Å². The molecule has 0 bridgehead atoms. The van der Waals surface area contributed by atoms with E-state index >= 15 is 0 Å². The number of aromatic nitrogens is 2. The summed E-state index contributed by atoms with van der Waals surface area (Å²) in [6, 6.07) is 12.5. The molecule has 0 unspecified atom stereocenters. The molecular formula is C16H17N3. The Hall–Kier alpha value is -2.13. The summed E-state index contributed by atoms with van der Waals surface area (Å²) in [4.78, 5) is 4.69. The van der Waals surface area contributed by atoms with Gasteiger partial charge in [-0.05, 0) is 43.2 Å². The van der Waals surface area contributed by atoms with E-state index in [4.69, 9.17) is 5.73 Å². The molecule has 1 aromatic carbocycles. The lowest BCUT2D eigenvalue weighted by Crippen LogP contribution is -1.96. The maximum absolute atomic E-state index is 5.79. The van der Waals surface area contributed by atoms with Crippen LogP contribution in [0.5, 0.6) is 0 Å². The highest BCUT2D eigenvalue weighted by atomic mass is 15.0. The predicted molar refractivity (Wildman–Crippen MR) is 78.0 cm³/mol. The first kappa shape index (κ1) is 11.9. The van der Waals surface area contributed by atoms with E-state index in [0.717, 1.165) is 22.6 Å². The van der Waals surface area contributed by atoms with E-state index in [-0.39, 0.29) is 0 Å². The normalized spacial score (nSPS) is 11.1. The second kappa shape index (κ2) is 4.52. The summed E-state index contributed by atoms with van der Waals surface area (Å²) in [6.45, 7) is 4.70. The number of hydrogen-bond donors (Lipinski definition) is 1. The lowest BCUT2D eigenvalue weighted by atomic mass is 10.1. The number of nitrogens with zero attached hydrogens (tertiary/aromatic N) is 2. The average molecular weight is 251 g/mol. The standard InChI is InChI=1S/C16H17N3/c1-11-6-7-13(9-12(11)2)16-18-14(10-17)15-5-3-4-8-19(15)16/h3-9H,10,17H2,1-2H3. The highest BCUT2D eigenvalue weighted by Gasteiger charge is 2.11. The van der Waals surface area contributed by atoms with Crippen LogP contribution in [-0.2, 0) is 6.54 Å². The van der Waals surface area contributed by atoms with Gasteiger partial charge in [0.1, 0.15) is 5.82 Å². The summed E-state index contributed by atoms with van der Waals surface area (Å²) < 4.78 is 2.10. The molecule has 0 spiro atoms. The molecule has 3 rings (SSSR count). The van der Waals surface area contributed by atoms with Crippen molar-refractivity contribution in [1.82, 2.24) is 9.38 Å². The zero-order valence-corrected chi connectivity index (χ0v) is 11.2. The molecule has 3 heteroatoms. The zero-order chi connectivity index (χ0) is 13.4. The SMILES string of the molecule is Cc1ccc(-c2nc(CN)c3ccccn23)cc1C. The maximum Gasteiger partial charge on any atom is 0.144 e.